The molecule has 0 saturated heterocycles. The zero-order valence-corrected chi connectivity index (χ0v) is 18.7. The number of hydrogen-bond donors (Lipinski definition) is 1. The van der Waals surface area contributed by atoms with Crippen LogP contribution in [-0.4, -0.2) is 19.5 Å². The Hall–Kier alpha value is -1.85. The zero-order valence-electron chi connectivity index (χ0n) is 17.2. The van der Waals surface area contributed by atoms with E-state index in [0.29, 0.717) is 16.1 Å². The van der Waals surface area contributed by atoms with E-state index in [9.17, 15) is 0 Å². The van der Waals surface area contributed by atoms with Crippen molar-refractivity contribution < 1.29 is 0 Å². The van der Waals surface area contributed by atoms with Gasteiger partial charge in [-0.15, -0.1) is 0 Å². The van der Waals surface area contributed by atoms with Gasteiger partial charge in [-0.1, -0.05) is 63.2 Å². The van der Waals surface area contributed by atoms with Crippen molar-refractivity contribution in [2.45, 2.75) is 65.3 Å². The molecule has 1 aliphatic rings. The average molecular weight is 432 g/mol. The highest BCUT2D eigenvalue weighted by atomic mass is 35.5. The van der Waals surface area contributed by atoms with Gasteiger partial charge >= 0.3 is 0 Å². The third-order valence-electron chi connectivity index (χ3n) is 5.23. The van der Waals surface area contributed by atoms with Crippen LogP contribution in [-0.2, 0) is 6.42 Å². The van der Waals surface area contributed by atoms with E-state index in [-0.39, 0.29) is 5.41 Å². The van der Waals surface area contributed by atoms with Crippen molar-refractivity contribution >= 4 is 46.0 Å². The van der Waals surface area contributed by atoms with Crippen molar-refractivity contribution in [1.82, 2.24) is 19.5 Å². The van der Waals surface area contributed by atoms with Gasteiger partial charge in [-0.05, 0) is 36.5 Å². The predicted molar refractivity (Wildman–Crippen MR) is 120 cm³/mol. The first kappa shape index (κ1) is 20.4. The molecule has 1 N–H and O–H groups in total. The van der Waals surface area contributed by atoms with Crippen LogP contribution < -0.4 is 5.32 Å². The highest BCUT2D eigenvalue weighted by Crippen LogP contribution is 2.35. The number of hydrogen-bond acceptors (Lipinski definition) is 4. The maximum Gasteiger partial charge on any atom is 0.209 e. The van der Waals surface area contributed by atoms with Crippen LogP contribution in [0.1, 0.15) is 64.7 Å². The molecule has 0 atom stereocenters. The van der Waals surface area contributed by atoms with Crippen LogP contribution in [0.25, 0.3) is 11.2 Å². The van der Waals surface area contributed by atoms with Crippen molar-refractivity contribution in [3.63, 3.8) is 0 Å². The van der Waals surface area contributed by atoms with Crippen LogP contribution in [0.3, 0.4) is 0 Å². The Kier molecular flexibility index (Phi) is 5.71. The lowest BCUT2D eigenvalue weighted by Crippen LogP contribution is -2.16. The third kappa shape index (κ3) is 4.84. The molecule has 0 aliphatic heterocycles. The van der Waals surface area contributed by atoms with Gasteiger partial charge in [0.2, 0.25) is 5.95 Å². The molecule has 4 rings (SSSR count). The van der Waals surface area contributed by atoms with Gasteiger partial charge in [0, 0.05) is 28.2 Å². The topological polar surface area (TPSA) is 55.6 Å². The fourth-order valence-corrected chi connectivity index (χ4v) is 4.54. The van der Waals surface area contributed by atoms with Crippen LogP contribution >= 0.6 is 23.2 Å². The Labute approximate surface area is 181 Å². The second kappa shape index (κ2) is 8.11. The normalized spacial score (nSPS) is 15.8. The Morgan fingerprint density at radius 3 is 2.38 bits per heavy atom. The molecule has 0 amide bonds. The third-order valence-corrected chi connectivity index (χ3v) is 5.67. The lowest BCUT2D eigenvalue weighted by molar-refractivity contribution is 0.361. The number of rotatable bonds is 4. The molecule has 154 valence electrons. The molecule has 3 aromatic rings. The number of anilines is 2. The first-order valence-corrected chi connectivity index (χ1v) is 11.0. The Morgan fingerprint density at radius 1 is 1.03 bits per heavy atom. The van der Waals surface area contributed by atoms with E-state index in [0.717, 1.165) is 47.9 Å². The molecule has 29 heavy (non-hydrogen) atoms. The first-order chi connectivity index (χ1) is 13.8. The van der Waals surface area contributed by atoms with Crippen molar-refractivity contribution in [3.8, 4) is 0 Å². The lowest BCUT2D eigenvalue weighted by Gasteiger charge is -2.25. The fraction of sp³-hybridized carbons (Fsp3) is 0.500. The summed E-state index contributed by atoms with van der Waals surface area (Å²) in [6.45, 7) is 6.61. The van der Waals surface area contributed by atoms with E-state index >= 15 is 0 Å². The second-order valence-corrected chi connectivity index (χ2v) is 9.99. The summed E-state index contributed by atoms with van der Waals surface area (Å²) in [6.07, 6.45) is 8.69. The molecule has 0 unspecified atom stereocenters. The van der Waals surface area contributed by atoms with E-state index in [4.69, 9.17) is 33.2 Å². The summed E-state index contributed by atoms with van der Waals surface area (Å²) in [5.74, 6) is 1.63. The number of nitrogens with zero attached hydrogens (tertiary/aromatic N) is 4. The number of aromatic nitrogens is 4. The van der Waals surface area contributed by atoms with Gasteiger partial charge in [-0.25, -0.2) is 15.0 Å². The molecule has 5 nitrogen and oxygen atoms in total. The van der Waals surface area contributed by atoms with Crippen molar-refractivity contribution in [3.05, 3.63) is 40.3 Å². The van der Waals surface area contributed by atoms with Gasteiger partial charge in [-0.2, -0.15) is 0 Å². The number of benzene rings is 1. The molecule has 1 saturated carbocycles. The summed E-state index contributed by atoms with van der Waals surface area (Å²) < 4.78 is 2.26. The van der Waals surface area contributed by atoms with E-state index in [2.05, 4.69) is 35.6 Å². The van der Waals surface area contributed by atoms with E-state index < -0.39 is 0 Å². The summed E-state index contributed by atoms with van der Waals surface area (Å²) in [7, 11) is 0. The first-order valence-electron chi connectivity index (χ1n) is 10.3. The fourth-order valence-electron chi connectivity index (χ4n) is 4.01. The highest BCUT2D eigenvalue weighted by Gasteiger charge is 2.24. The molecular weight excluding hydrogens is 405 g/mol. The van der Waals surface area contributed by atoms with Crippen molar-refractivity contribution in [1.29, 1.82) is 0 Å². The Balaban J connectivity index is 1.79. The largest absolute Gasteiger partial charge is 0.325 e. The Bertz CT molecular complexity index is 996. The van der Waals surface area contributed by atoms with Crippen LogP contribution in [0.2, 0.25) is 10.0 Å². The number of fused-ring (bicyclic) bond motifs is 1. The van der Waals surface area contributed by atoms with Crippen LogP contribution in [0.5, 0.6) is 0 Å². The van der Waals surface area contributed by atoms with Gasteiger partial charge in [0.1, 0.15) is 11.3 Å². The molecule has 0 spiro atoms. The molecule has 0 radical (unpaired) electrons. The Morgan fingerprint density at radius 2 is 1.72 bits per heavy atom. The molecule has 1 aromatic carbocycles. The van der Waals surface area contributed by atoms with Crippen molar-refractivity contribution in [2.24, 2.45) is 5.41 Å². The monoisotopic (exact) mass is 431 g/mol. The number of halogens is 2. The van der Waals surface area contributed by atoms with E-state index in [1.165, 1.54) is 19.3 Å². The van der Waals surface area contributed by atoms with Gasteiger partial charge in [0.25, 0.3) is 0 Å². The molecule has 1 aliphatic carbocycles. The van der Waals surface area contributed by atoms with Gasteiger partial charge < -0.3 is 5.32 Å². The van der Waals surface area contributed by atoms with Crippen LogP contribution in [0.4, 0.5) is 11.6 Å². The summed E-state index contributed by atoms with van der Waals surface area (Å²) in [6, 6.07) is 5.81. The quantitative estimate of drug-likeness (QED) is 0.484. The zero-order chi connectivity index (χ0) is 20.6. The standard InChI is InChI=1S/C22H27Cl2N5/c1-22(2,3)12-19-25-13-18-20(28-19)29(17-7-5-4-6-8-17)21(27-18)26-16-10-14(23)9-15(24)11-16/h9-11,13,17H,4-8,12H2,1-3H3,(H,26,27). The lowest BCUT2D eigenvalue weighted by atomic mass is 9.92. The van der Waals surface area contributed by atoms with E-state index in [1.54, 1.807) is 6.07 Å². The maximum atomic E-state index is 6.19. The summed E-state index contributed by atoms with van der Waals surface area (Å²) in [5.41, 5.74) is 2.66. The van der Waals surface area contributed by atoms with Crippen LogP contribution in [0, 0.1) is 5.41 Å². The molecule has 1 fully saturated rings. The summed E-state index contributed by atoms with van der Waals surface area (Å²) >= 11 is 12.4. The smallest absolute Gasteiger partial charge is 0.209 e. The molecule has 0 bridgehead atoms. The number of nitrogens with one attached hydrogen (secondary N) is 1. The molecule has 2 aromatic heterocycles. The van der Waals surface area contributed by atoms with Crippen molar-refractivity contribution in [2.75, 3.05) is 5.32 Å². The van der Waals surface area contributed by atoms with Gasteiger partial charge in [0.05, 0.1) is 6.20 Å². The second-order valence-electron chi connectivity index (χ2n) is 9.11. The summed E-state index contributed by atoms with van der Waals surface area (Å²) in [5, 5.41) is 4.60. The minimum absolute atomic E-state index is 0.127. The predicted octanol–water partition coefficient (Wildman–Crippen LogP) is 6.97. The minimum Gasteiger partial charge on any atom is -0.325 e. The highest BCUT2D eigenvalue weighted by molar-refractivity contribution is 6.35. The minimum atomic E-state index is 0.127. The molecule has 7 heteroatoms. The molecule has 2 heterocycles. The maximum absolute atomic E-state index is 6.19. The average Bonchev–Trinajstić information content (AvgIpc) is 2.97. The van der Waals surface area contributed by atoms with Gasteiger partial charge in [-0.3, -0.25) is 4.57 Å². The summed E-state index contributed by atoms with van der Waals surface area (Å²) in [4.78, 5) is 14.3. The van der Waals surface area contributed by atoms with E-state index in [1.807, 2.05) is 18.3 Å². The van der Waals surface area contributed by atoms with Crippen LogP contribution in [0.15, 0.2) is 24.4 Å². The molecular formula is C22H27Cl2N5. The SMILES string of the molecule is CC(C)(C)Cc1ncc2nc(Nc3cc(Cl)cc(Cl)c3)n(C3CCCCC3)c2n1. The van der Waals surface area contributed by atoms with Gasteiger partial charge in [0.15, 0.2) is 5.65 Å². The number of imidazole rings is 1.